The molecule has 7 heteroatoms. The van der Waals surface area contributed by atoms with Crippen LogP contribution in [0.3, 0.4) is 0 Å². The van der Waals surface area contributed by atoms with Gasteiger partial charge < -0.3 is 15.4 Å². The van der Waals surface area contributed by atoms with Crippen molar-refractivity contribution in [2.75, 3.05) is 6.54 Å². The zero-order chi connectivity index (χ0) is 18.9. The first-order valence-corrected chi connectivity index (χ1v) is 8.91. The summed E-state index contributed by atoms with van der Waals surface area (Å²) < 4.78 is 7.55. The standard InChI is InChI=1S/C20H24N6O/c1-3-21-20(23-14-19-24-15-25-26(19)2)22-13-16-9-11-18(12-10-16)27-17-7-5-4-6-8-17/h4-12,15H,3,13-14H2,1-2H3,(H2,21,22,23). The molecule has 0 fully saturated rings. The van der Waals surface area contributed by atoms with Crippen LogP contribution in [0.5, 0.6) is 11.5 Å². The number of aromatic nitrogens is 3. The molecule has 2 N–H and O–H groups in total. The SMILES string of the molecule is CCNC(=NCc1ccc(Oc2ccccc2)cc1)NCc1ncnn1C. The van der Waals surface area contributed by atoms with E-state index < -0.39 is 0 Å². The molecule has 0 unspecified atom stereocenters. The highest BCUT2D eigenvalue weighted by Gasteiger charge is 2.03. The summed E-state index contributed by atoms with van der Waals surface area (Å²) in [5.41, 5.74) is 1.10. The lowest BCUT2D eigenvalue weighted by molar-refractivity contribution is 0.482. The second-order valence-corrected chi connectivity index (χ2v) is 5.91. The van der Waals surface area contributed by atoms with Crippen molar-refractivity contribution in [3.8, 4) is 11.5 Å². The predicted molar refractivity (Wildman–Crippen MR) is 106 cm³/mol. The van der Waals surface area contributed by atoms with E-state index in [1.54, 1.807) is 11.0 Å². The van der Waals surface area contributed by atoms with Crippen molar-refractivity contribution in [1.82, 2.24) is 25.4 Å². The van der Waals surface area contributed by atoms with Gasteiger partial charge in [-0.15, -0.1) is 0 Å². The Balaban J connectivity index is 1.57. The summed E-state index contributed by atoms with van der Waals surface area (Å²) in [5, 5.41) is 10.6. The van der Waals surface area contributed by atoms with Gasteiger partial charge in [-0.2, -0.15) is 5.10 Å². The summed E-state index contributed by atoms with van der Waals surface area (Å²) in [6.45, 7) is 3.95. The van der Waals surface area contributed by atoms with Gasteiger partial charge in [-0.3, -0.25) is 4.68 Å². The van der Waals surface area contributed by atoms with Crippen molar-refractivity contribution < 1.29 is 4.74 Å². The Morgan fingerprint density at radius 3 is 2.44 bits per heavy atom. The number of hydrogen-bond donors (Lipinski definition) is 2. The molecule has 3 rings (SSSR count). The van der Waals surface area contributed by atoms with Crippen molar-refractivity contribution in [2.45, 2.75) is 20.0 Å². The quantitative estimate of drug-likeness (QED) is 0.498. The van der Waals surface area contributed by atoms with Crippen molar-refractivity contribution in [2.24, 2.45) is 12.0 Å². The van der Waals surface area contributed by atoms with Crippen LogP contribution in [0.15, 0.2) is 65.9 Å². The Morgan fingerprint density at radius 1 is 1.04 bits per heavy atom. The van der Waals surface area contributed by atoms with Crippen LogP contribution in [0.4, 0.5) is 0 Å². The van der Waals surface area contributed by atoms with Crippen molar-refractivity contribution in [3.63, 3.8) is 0 Å². The first kappa shape index (κ1) is 18.4. The van der Waals surface area contributed by atoms with E-state index in [9.17, 15) is 0 Å². The molecular weight excluding hydrogens is 340 g/mol. The number of ether oxygens (including phenoxy) is 1. The molecule has 0 spiro atoms. The van der Waals surface area contributed by atoms with E-state index in [0.717, 1.165) is 35.4 Å². The van der Waals surface area contributed by atoms with Gasteiger partial charge in [0.2, 0.25) is 0 Å². The zero-order valence-corrected chi connectivity index (χ0v) is 15.6. The summed E-state index contributed by atoms with van der Waals surface area (Å²) in [5.74, 6) is 3.22. The van der Waals surface area contributed by atoms with Crippen LogP contribution in [-0.4, -0.2) is 27.3 Å². The minimum atomic E-state index is 0.562. The fourth-order valence-corrected chi connectivity index (χ4v) is 2.44. The first-order chi connectivity index (χ1) is 13.2. The number of guanidine groups is 1. The maximum absolute atomic E-state index is 5.81. The summed E-state index contributed by atoms with van der Waals surface area (Å²) in [4.78, 5) is 8.83. The Morgan fingerprint density at radius 2 is 1.78 bits per heavy atom. The second-order valence-electron chi connectivity index (χ2n) is 5.91. The molecule has 0 atom stereocenters. The van der Waals surface area contributed by atoms with Crippen LogP contribution in [0.1, 0.15) is 18.3 Å². The molecule has 0 aliphatic heterocycles. The predicted octanol–water partition coefficient (Wildman–Crippen LogP) is 2.86. The number of nitrogens with zero attached hydrogens (tertiary/aromatic N) is 4. The summed E-state index contributed by atoms with van der Waals surface area (Å²) in [7, 11) is 1.87. The number of aryl methyl sites for hydroxylation is 1. The van der Waals surface area contributed by atoms with E-state index in [0.29, 0.717) is 13.1 Å². The number of para-hydroxylation sites is 1. The van der Waals surface area contributed by atoms with Gasteiger partial charge in [0.25, 0.3) is 0 Å². The molecule has 2 aromatic carbocycles. The molecule has 1 heterocycles. The molecule has 0 aliphatic rings. The maximum atomic E-state index is 5.81. The Hall–Kier alpha value is -3.35. The van der Waals surface area contributed by atoms with Gasteiger partial charge in [0.05, 0.1) is 13.1 Å². The topological polar surface area (TPSA) is 76.4 Å². The van der Waals surface area contributed by atoms with E-state index in [-0.39, 0.29) is 0 Å². The van der Waals surface area contributed by atoms with Crippen LogP contribution in [0.2, 0.25) is 0 Å². The van der Waals surface area contributed by atoms with Crippen molar-refractivity contribution in [3.05, 3.63) is 72.3 Å². The van der Waals surface area contributed by atoms with Gasteiger partial charge in [-0.05, 0) is 36.8 Å². The van der Waals surface area contributed by atoms with Gasteiger partial charge in [0.1, 0.15) is 23.7 Å². The highest BCUT2D eigenvalue weighted by molar-refractivity contribution is 5.79. The Labute approximate surface area is 159 Å². The van der Waals surface area contributed by atoms with Gasteiger partial charge in [-0.1, -0.05) is 30.3 Å². The Kier molecular flexibility index (Phi) is 6.40. The van der Waals surface area contributed by atoms with E-state index >= 15 is 0 Å². The minimum Gasteiger partial charge on any atom is -0.457 e. The highest BCUT2D eigenvalue weighted by atomic mass is 16.5. The third-order valence-electron chi connectivity index (χ3n) is 3.89. The van der Waals surface area contributed by atoms with Gasteiger partial charge >= 0.3 is 0 Å². The normalized spacial score (nSPS) is 11.3. The number of benzene rings is 2. The van der Waals surface area contributed by atoms with Crippen molar-refractivity contribution >= 4 is 5.96 Å². The van der Waals surface area contributed by atoms with Crippen LogP contribution in [-0.2, 0) is 20.1 Å². The van der Waals surface area contributed by atoms with Crippen LogP contribution in [0, 0.1) is 0 Å². The highest BCUT2D eigenvalue weighted by Crippen LogP contribution is 2.21. The maximum Gasteiger partial charge on any atom is 0.191 e. The van der Waals surface area contributed by atoms with Gasteiger partial charge in [0.15, 0.2) is 5.96 Å². The average Bonchev–Trinajstić information content (AvgIpc) is 3.11. The molecule has 27 heavy (non-hydrogen) atoms. The average molecular weight is 364 g/mol. The molecule has 140 valence electrons. The minimum absolute atomic E-state index is 0.562. The second kappa shape index (κ2) is 9.38. The molecule has 0 bridgehead atoms. The lowest BCUT2D eigenvalue weighted by Crippen LogP contribution is -2.37. The molecule has 0 saturated heterocycles. The van der Waals surface area contributed by atoms with Crippen LogP contribution < -0.4 is 15.4 Å². The molecule has 0 amide bonds. The largest absolute Gasteiger partial charge is 0.457 e. The first-order valence-electron chi connectivity index (χ1n) is 8.91. The van der Waals surface area contributed by atoms with Crippen LogP contribution in [0.25, 0.3) is 0 Å². The monoisotopic (exact) mass is 364 g/mol. The summed E-state index contributed by atoms with van der Waals surface area (Å²) in [6.07, 6.45) is 1.54. The smallest absolute Gasteiger partial charge is 0.191 e. The van der Waals surface area contributed by atoms with E-state index in [4.69, 9.17) is 4.74 Å². The molecular formula is C20H24N6O. The summed E-state index contributed by atoms with van der Waals surface area (Å²) in [6, 6.07) is 17.7. The molecule has 0 aliphatic carbocycles. The van der Waals surface area contributed by atoms with E-state index in [1.165, 1.54) is 0 Å². The third kappa shape index (κ3) is 5.57. The molecule has 7 nitrogen and oxygen atoms in total. The van der Waals surface area contributed by atoms with Gasteiger partial charge in [0, 0.05) is 13.6 Å². The zero-order valence-electron chi connectivity index (χ0n) is 15.6. The molecule has 0 saturated carbocycles. The van der Waals surface area contributed by atoms with Crippen LogP contribution >= 0.6 is 0 Å². The van der Waals surface area contributed by atoms with E-state index in [2.05, 4.69) is 25.7 Å². The molecule has 1 aromatic heterocycles. The van der Waals surface area contributed by atoms with E-state index in [1.807, 2.05) is 68.6 Å². The lowest BCUT2D eigenvalue weighted by atomic mass is 10.2. The van der Waals surface area contributed by atoms with Gasteiger partial charge in [-0.25, -0.2) is 9.98 Å². The number of hydrogen-bond acceptors (Lipinski definition) is 4. The third-order valence-corrected chi connectivity index (χ3v) is 3.89. The lowest BCUT2D eigenvalue weighted by Gasteiger charge is -2.11. The Bertz CT molecular complexity index is 858. The molecule has 0 radical (unpaired) electrons. The fraction of sp³-hybridized carbons (Fsp3) is 0.250. The fourth-order valence-electron chi connectivity index (χ4n) is 2.44. The number of rotatable bonds is 7. The summed E-state index contributed by atoms with van der Waals surface area (Å²) >= 11 is 0. The number of nitrogens with one attached hydrogen (secondary N) is 2. The molecule has 3 aromatic rings. The van der Waals surface area contributed by atoms with Crippen molar-refractivity contribution in [1.29, 1.82) is 0 Å². The number of aliphatic imine (C=N–C) groups is 1.